The smallest absolute Gasteiger partial charge is 0.270 e. The van der Waals surface area contributed by atoms with Crippen molar-refractivity contribution in [1.29, 1.82) is 0 Å². The van der Waals surface area contributed by atoms with Crippen molar-refractivity contribution in [1.82, 2.24) is 5.32 Å². The Morgan fingerprint density at radius 3 is 2.63 bits per heavy atom. The normalized spacial score (nSPS) is 17.2. The van der Waals surface area contributed by atoms with Gasteiger partial charge in [-0.25, -0.2) is 0 Å². The Balaban J connectivity index is 2.23. The number of nitrogens with zero attached hydrogens (tertiary/aromatic N) is 1. The zero-order valence-electron chi connectivity index (χ0n) is 10.6. The Labute approximate surface area is 125 Å². The predicted octanol–water partition coefficient (Wildman–Crippen LogP) is 3.26. The van der Waals surface area contributed by atoms with E-state index in [0.29, 0.717) is 5.56 Å². The molecule has 6 heteroatoms. The van der Waals surface area contributed by atoms with Crippen LogP contribution < -0.4 is 5.32 Å². The summed E-state index contributed by atoms with van der Waals surface area (Å²) < 4.78 is 0.724. The van der Waals surface area contributed by atoms with Gasteiger partial charge in [-0.1, -0.05) is 12.8 Å². The molecule has 0 heterocycles. The molecular formula is C13H15IN2O3. The second-order valence-corrected chi connectivity index (χ2v) is 6.31. The Bertz CT molecular complexity index is 525. The number of nitro groups is 1. The third kappa shape index (κ3) is 3.23. The summed E-state index contributed by atoms with van der Waals surface area (Å²) in [6.45, 7) is 2.03. The minimum atomic E-state index is -0.482. The molecule has 1 N–H and O–H groups in total. The van der Waals surface area contributed by atoms with Crippen LogP contribution in [0.1, 0.15) is 43.0 Å². The van der Waals surface area contributed by atoms with E-state index in [2.05, 4.69) is 5.32 Å². The molecule has 1 saturated carbocycles. The second-order valence-electron chi connectivity index (χ2n) is 5.14. The number of non-ortho nitro benzene ring substituents is 1. The molecule has 0 aromatic heterocycles. The van der Waals surface area contributed by atoms with E-state index >= 15 is 0 Å². The highest BCUT2D eigenvalue weighted by molar-refractivity contribution is 14.1. The summed E-state index contributed by atoms with van der Waals surface area (Å²) >= 11 is 2.02. The maximum Gasteiger partial charge on any atom is 0.270 e. The molecule has 1 aromatic rings. The van der Waals surface area contributed by atoms with Gasteiger partial charge in [0.05, 0.1) is 10.5 Å². The van der Waals surface area contributed by atoms with Gasteiger partial charge in [-0.15, -0.1) is 0 Å². The van der Waals surface area contributed by atoms with Crippen molar-refractivity contribution < 1.29 is 9.72 Å². The number of rotatable bonds is 3. The van der Waals surface area contributed by atoms with Gasteiger partial charge in [0.25, 0.3) is 11.6 Å². The minimum absolute atomic E-state index is 0.0536. The van der Waals surface area contributed by atoms with Crippen molar-refractivity contribution in [2.75, 3.05) is 0 Å². The molecule has 2 rings (SSSR count). The number of halogens is 1. The number of nitrogens with one attached hydrogen (secondary N) is 1. The number of amides is 1. The van der Waals surface area contributed by atoms with Crippen LogP contribution in [-0.4, -0.2) is 16.4 Å². The highest BCUT2D eigenvalue weighted by atomic mass is 127. The van der Waals surface area contributed by atoms with Crippen LogP contribution in [0.15, 0.2) is 18.2 Å². The zero-order chi connectivity index (χ0) is 14.0. The van der Waals surface area contributed by atoms with E-state index in [0.717, 1.165) is 29.3 Å². The SMILES string of the molecule is CC1(NC(=O)c2cc([N+](=O)[O-])ccc2I)CCCC1. The van der Waals surface area contributed by atoms with Crippen LogP contribution in [0.3, 0.4) is 0 Å². The first-order chi connectivity index (χ1) is 8.91. The predicted molar refractivity (Wildman–Crippen MR) is 80.2 cm³/mol. The molecule has 0 radical (unpaired) electrons. The van der Waals surface area contributed by atoms with Crippen LogP contribution in [0.4, 0.5) is 5.69 Å². The summed E-state index contributed by atoms with van der Waals surface area (Å²) in [5, 5.41) is 13.8. The number of benzene rings is 1. The lowest BCUT2D eigenvalue weighted by molar-refractivity contribution is -0.384. The van der Waals surface area contributed by atoms with Gasteiger partial charge < -0.3 is 5.32 Å². The number of hydrogen-bond acceptors (Lipinski definition) is 3. The van der Waals surface area contributed by atoms with Crippen molar-refractivity contribution >= 4 is 34.2 Å². The maximum atomic E-state index is 12.3. The third-order valence-electron chi connectivity index (χ3n) is 3.53. The summed E-state index contributed by atoms with van der Waals surface area (Å²) in [6.07, 6.45) is 4.15. The van der Waals surface area contributed by atoms with Crippen molar-refractivity contribution in [2.24, 2.45) is 0 Å². The first-order valence-electron chi connectivity index (χ1n) is 6.18. The van der Waals surface area contributed by atoms with Gasteiger partial charge in [-0.05, 0) is 48.4 Å². The molecule has 1 aliphatic carbocycles. The van der Waals surface area contributed by atoms with E-state index in [1.165, 1.54) is 12.1 Å². The van der Waals surface area contributed by atoms with Gasteiger partial charge in [0, 0.05) is 21.2 Å². The van der Waals surface area contributed by atoms with Crippen molar-refractivity contribution in [3.8, 4) is 0 Å². The average Bonchev–Trinajstić information content (AvgIpc) is 2.75. The first kappa shape index (κ1) is 14.2. The second kappa shape index (κ2) is 5.44. The van der Waals surface area contributed by atoms with Gasteiger partial charge in [0.1, 0.15) is 0 Å². The van der Waals surface area contributed by atoms with Crippen LogP contribution in [-0.2, 0) is 0 Å². The first-order valence-corrected chi connectivity index (χ1v) is 7.26. The fraction of sp³-hybridized carbons (Fsp3) is 0.462. The standard InChI is InChI=1S/C13H15IN2O3/c1-13(6-2-3-7-13)15-12(17)10-8-9(16(18)19)4-5-11(10)14/h4-5,8H,2-3,6-7H2,1H3,(H,15,17). The quantitative estimate of drug-likeness (QED) is 0.502. The van der Waals surface area contributed by atoms with Gasteiger partial charge in [-0.2, -0.15) is 0 Å². The fourth-order valence-corrected chi connectivity index (χ4v) is 3.00. The molecule has 1 aliphatic rings. The van der Waals surface area contributed by atoms with E-state index in [9.17, 15) is 14.9 Å². The topological polar surface area (TPSA) is 72.2 Å². The van der Waals surface area contributed by atoms with Crippen LogP contribution in [0.5, 0.6) is 0 Å². The number of hydrogen-bond donors (Lipinski definition) is 1. The summed E-state index contributed by atoms with van der Waals surface area (Å²) in [7, 11) is 0. The van der Waals surface area contributed by atoms with E-state index in [1.807, 2.05) is 29.5 Å². The fourth-order valence-electron chi connectivity index (χ4n) is 2.42. The molecule has 0 bridgehead atoms. The summed E-state index contributed by atoms with van der Waals surface area (Å²) in [6, 6.07) is 4.36. The van der Waals surface area contributed by atoms with E-state index < -0.39 is 4.92 Å². The van der Waals surface area contributed by atoms with Crippen LogP contribution in [0, 0.1) is 13.7 Å². The van der Waals surface area contributed by atoms with Crippen LogP contribution >= 0.6 is 22.6 Å². The average molecular weight is 374 g/mol. The van der Waals surface area contributed by atoms with Crippen LogP contribution in [0.2, 0.25) is 0 Å². The highest BCUT2D eigenvalue weighted by Gasteiger charge is 2.31. The third-order valence-corrected chi connectivity index (χ3v) is 4.47. The summed E-state index contributed by atoms with van der Waals surface area (Å²) in [4.78, 5) is 22.5. The van der Waals surface area contributed by atoms with Gasteiger partial charge in [0.15, 0.2) is 0 Å². The molecule has 19 heavy (non-hydrogen) atoms. The Kier molecular flexibility index (Phi) is 4.07. The molecule has 0 aliphatic heterocycles. The molecule has 0 spiro atoms. The number of nitro benzene ring substituents is 1. The summed E-state index contributed by atoms with van der Waals surface area (Å²) in [5.41, 5.74) is 0.148. The molecule has 1 aromatic carbocycles. The molecule has 0 saturated heterocycles. The molecule has 0 atom stereocenters. The molecular weight excluding hydrogens is 359 g/mol. The van der Waals surface area contributed by atoms with Crippen molar-refractivity contribution in [3.63, 3.8) is 0 Å². The molecule has 0 unspecified atom stereocenters. The van der Waals surface area contributed by atoms with Gasteiger partial charge in [0.2, 0.25) is 0 Å². The highest BCUT2D eigenvalue weighted by Crippen LogP contribution is 2.29. The number of carbonyl (C=O) groups excluding carboxylic acids is 1. The largest absolute Gasteiger partial charge is 0.347 e. The molecule has 102 valence electrons. The Morgan fingerprint density at radius 1 is 1.42 bits per heavy atom. The lowest BCUT2D eigenvalue weighted by atomic mass is 10.00. The summed E-state index contributed by atoms with van der Waals surface area (Å²) in [5.74, 6) is -0.225. The number of carbonyl (C=O) groups is 1. The van der Waals surface area contributed by atoms with Crippen molar-refractivity contribution in [3.05, 3.63) is 37.4 Å². The van der Waals surface area contributed by atoms with Crippen molar-refractivity contribution in [2.45, 2.75) is 38.1 Å². The zero-order valence-corrected chi connectivity index (χ0v) is 12.8. The lowest BCUT2D eigenvalue weighted by Gasteiger charge is -2.25. The minimum Gasteiger partial charge on any atom is -0.347 e. The van der Waals surface area contributed by atoms with Crippen LogP contribution in [0.25, 0.3) is 0 Å². The molecule has 5 nitrogen and oxygen atoms in total. The monoisotopic (exact) mass is 374 g/mol. The van der Waals surface area contributed by atoms with E-state index in [4.69, 9.17) is 0 Å². The van der Waals surface area contributed by atoms with Gasteiger partial charge in [-0.3, -0.25) is 14.9 Å². The lowest BCUT2D eigenvalue weighted by Crippen LogP contribution is -2.43. The molecule has 1 amide bonds. The maximum absolute atomic E-state index is 12.3. The van der Waals surface area contributed by atoms with Gasteiger partial charge >= 0.3 is 0 Å². The van der Waals surface area contributed by atoms with E-state index in [1.54, 1.807) is 6.07 Å². The Hall–Kier alpha value is -1.18. The van der Waals surface area contributed by atoms with E-state index in [-0.39, 0.29) is 17.1 Å². The molecule has 1 fully saturated rings. The Morgan fingerprint density at radius 2 is 2.05 bits per heavy atom.